The highest BCUT2D eigenvalue weighted by Gasteiger charge is 2.33. The average Bonchev–Trinajstić information content (AvgIpc) is 2.53. The largest absolute Gasteiger partial charge is 0.459 e. The molecule has 0 saturated heterocycles. The van der Waals surface area contributed by atoms with E-state index in [0.29, 0.717) is 16.8 Å². The van der Waals surface area contributed by atoms with Crippen LogP contribution >= 0.6 is 12.4 Å². The fourth-order valence-corrected chi connectivity index (χ4v) is 2.42. The van der Waals surface area contributed by atoms with Gasteiger partial charge in [-0.15, -0.1) is 12.4 Å². The zero-order valence-electron chi connectivity index (χ0n) is 16.3. The predicted molar refractivity (Wildman–Crippen MR) is 111 cm³/mol. The van der Waals surface area contributed by atoms with E-state index in [-0.39, 0.29) is 42.2 Å². The van der Waals surface area contributed by atoms with Crippen molar-refractivity contribution in [2.45, 2.75) is 39.8 Å². The van der Waals surface area contributed by atoms with E-state index in [1.54, 1.807) is 26.0 Å². The number of hydrogen-bond donors (Lipinski definition) is 5. The summed E-state index contributed by atoms with van der Waals surface area (Å²) in [5, 5.41) is 8.98. The lowest BCUT2D eigenvalue weighted by atomic mass is 9.91. The molecule has 1 aromatic carbocycles. The summed E-state index contributed by atoms with van der Waals surface area (Å²) >= 11 is 0. The van der Waals surface area contributed by atoms with Crippen LogP contribution in [-0.2, 0) is 9.53 Å². The summed E-state index contributed by atoms with van der Waals surface area (Å²) in [6, 6.07) is 5.44. The fraction of sp³-hybridized carbons (Fsp3) is 0.389. The molecule has 8 nitrogen and oxygen atoms in total. The molecule has 0 radical (unpaired) electrons. The Morgan fingerprint density at radius 1 is 1.21 bits per heavy atom. The molecule has 0 aliphatic carbocycles. The highest BCUT2D eigenvalue weighted by Crippen LogP contribution is 2.28. The number of nitrogens with one attached hydrogen (secondary N) is 2. The maximum atomic E-state index is 13.2. The van der Waals surface area contributed by atoms with E-state index in [1.165, 1.54) is 12.1 Å². The summed E-state index contributed by atoms with van der Waals surface area (Å²) in [5.74, 6) is -0.842. The van der Waals surface area contributed by atoms with Crippen molar-refractivity contribution in [1.82, 2.24) is 5.32 Å². The van der Waals surface area contributed by atoms with Gasteiger partial charge in [0, 0.05) is 0 Å². The lowest BCUT2D eigenvalue weighted by Gasteiger charge is -2.28. The van der Waals surface area contributed by atoms with Gasteiger partial charge in [0.05, 0.1) is 23.4 Å². The van der Waals surface area contributed by atoms with Crippen LogP contribution in [0.2, 0.25) is 0 Å². The van der Waals surface area contributed by atoms with E-state index in [1.807, 2.05) is 13.8 Å². The number of halogens is 2. The minimum Gasteiger partial charge on any atom is -0.459 e. The normalized spacial score (nSPS) is 15.7. The van der Waals surface area contributed by atoms with Crippen LogP contribution in [0.4, 0.5) is 4.39 Å². The van der Waals surface area contributed by atoms with Crippen molar-refractivity contribution in [2.75, 3.05) is 0 Å². The highest BCUT2D eigenvalue weighted by atomic mass is 35.5. The first-order chi connectivity index (χ1) is 12.5. The van der Waals surface area contributed by atoms with Gasteiger partial charge in [-0.1, -0.05) is 13.8 Å². The van der Waals surface area contributed by atoms with Crippen LogP contribution in [0.1, 0.15) is 33.3 Å². The maximum Gasteiger partial charge on any atom is 0.338 e. The molecule has 1 aromatic rings. The second-order valence-electron chi connectivity index (χ2n) is 6.53. The van der Waals surface area contributed by atoms with Crippen molar-refractivity contribution in [3.63, 3.8) is 0 Å². The minimum atomic E-state index is -0.443. The molecule has 8 N–H and O–H groups in total. The van der Waals surface area contributed by atoms with E-state index in [4.69, 9.17) is 15.9 Å². The first kappa shape index (κ1) is 25.2. The molecule has 1 aliphatic rings. The van der Waals surface area contributed by atoms with Gasteiger partial charge in [-0.2, -0.15) is 0 Å². The maximum absolute atomic E-state index is 13.2. The quantitative estimate of drug-likeness (QED) is 0.287. The van der Waals surface area contributed by atoms with Gasteiger partial charge < -0.3 is 27.3 Å². The Labute approximate surface area is 170 Å². The third-order valence-electron chi connectivity index (χ3n) is 3.42. The summed E-state index contributed by atoms with van der Waals surface area (Å²) in [6.45, 7) is 7.48. The van der Waals surface area contributed by atoms with Crippen LogP contribution in [-0.4, -0.2) is 30.0 Å². The van der Waals surface area contributed by atoms with E-state index in [9.17, 15) is 9.18 Å². The van der Waals surface area contributed by atoms with E-state index < -0.39 is 12.0 Å². The van der Waals surface area contributed by atoms with Crippen molar-refractivity contribution in [3.8, 4) is 0 Å². The van der Waals surface area contributed by atoms with Crippen LogP contribution in [0.15, 0.2) is 34.8 Å². The number of ether oxygens (including phenoxy) is 1. The molecule has 0 fully saturated rings. The second kappa shape index (κ2) is 11.1. The van der Waals surface area contributed by atoms with Gasteiger partial charge in [0.25, 0.3) is 0 Å². The molecule has 2 rings (SSSR count). The Bertz CT molecular complexity index is 743. The van der Waals surface area contributed by atoms with Gasteiger partial charge in [0.2, 0.25) is 0 Å². The third kappa shape index (κ3) is 7.43. The summed E-state index contributed by atoms with van der Waals surface area (Å²) < 4.78 is 18.5. The topological polar surface area (TPSA) is 153 Å². The summed E-state index contributed by atoms with van der Waals surface area (Å²) in [7, 11) is 0. The SMILES string of the molecule is CC(C)OC(=O)C1=C(c2ccc(F)cc2)NC(N)=NC1C(C)C.Cl.N=C(N)N. The zero-order valence-corrected chi connectivity index (χ0v) is 17.1. The third-order valence-corrected chi connectivity index (χ3v) is 3.42. The molecule has 0 aromatic heterocycles. The molecular weight excluding hydrogens is 387 g/mol. The van der Waals surface area contributed by atoms with Crippen LogP contribution in [0, 0.1) is 17.1 Å². The zero-order chi connectivity index (χ0) is 20.7. The van der Waals surface area contributed by atoms with E-state index >= 15 is 0 Å². The lowest BCUT2D eigenvalue weighted by Crippen LogP contribution is -2.41. The molecule has 156 valence electrons. The van der Waals surface area contributed by atoms with Crippen LogP contribution in [0.25, 0.3) is 5.70 Å². The smallest absolute Gasteiger partial charge is 0.338 e. The lowest BCUT2D eigenvalue weighted by molar-refractivity contribution is -0.143. The molecule has 1 heterocycles. The van der Waals surface area contributed by atoms with E-state index in [2.05, 4.69) is 21.8 Å². The monoisotopic (exact) mass is 414 g/mol. The summed E-state index contributed by atoms with van der Waals surface area (Å²) in [4.78, 5) is 16.9. The Morgan fingerprint density at radius 2 is 1.71 bits per heavy atom. The van der Waals surface area contributed by atoms with Gasteiger partial charge in [0.1, 0.15) is 5.82 Å². The summed E-state index contributed by atoms with van der Waals surface area (Å²) in [5.41, 5.74) is 16.4. The van der Waals surface area contributed by atoms with Gasteiger partial charge in [-0.3, -0.25) is 5.41 Å². The number of benzene rings is 1. The standard InChI is InChI=1S/C17H22FN3O2.CH5N3.ClH/c1-9(2)14-13(16(22)23-10(3)4)15(21-17(19)20-14)11-5-7-12(18)8-6-11;2-1(3)4;/h5-10,14H,1-4H3,(H3,19,20,21);(H5,2,3,4);1H. The highest BCUT2D eigenvalue weighted by molar-refractivity contribution is 6.04. The minimum absolute atomic E-state index is 0. The van der Waals surface area contributed by atoms with Crippen LogP contribution < -0.4 is 22.5 Å². The van der Waals surface area contributed by atoms with Crippen molar-refractivity contribution >= 4 is 36.0 Å². The number of aliphatic imine (C=N–C) groups is 1. The van der Waals surface area contributed by atoms with Gasteiger partial charge in [-0.05, 0) is 49.6 Å². The second-order valence-corrected chi connectivity index (χ2v) is 6.53. The number of rotatable bonds is 4. The Morgan fingerprint density at radius 3 is 2.14 bits per heavy atom. The molecule has 0 spiro atoms. The molecule has 1 unspecified atom stereocenters. The van der Waals surface area contributed by atoms with Crippen molar-refractivity contribution in [3.05, 3.63) is 41.2 Å². The molecular formula is C18H28ClFN6O2. The van der Waals surface area contributed by atoms with Gasteiger partial charge in [-0.25, -0.2) is 14.2 Å². The van der Waals surface area contributed by atoms with E-state index in [0.717, 1.165) is 0 Å². The number of guanidine groups is 2. The molecule has 10 heteroatoms. The van der Waals surface area contributed by atoms with Gasteiger partial charge >= 0.3 is 5.97 Å². The number of hydrogen-bond acceptors (Lipinski definition) is 6. The Hall–Kier alpha value is -2.81. The molecule has 1 atom stereocenters. The number of esters is 1. The van der Waals surface area contributed by atoms with Crippen molar-refractivity contribution < 1.29 is 13.9 Å². The predicted octanol–water partition coefficient (Wildman–Crippen LogP) is 1.69. The van der Waals surface area contributed by atoms with Crippen molar-refractivity contribution in [1.29, 1.82) is 5.41 Å². The Balaban J connectivity index is 0.00000133. The molecule has 0 bridgehead atoms. The number of carbonyl (C=O) groups is 1. The molecule has 0 saturated carbocycles. The van der Waals surface area contributed by atoms with Crippen LogP contribution in [0.3, 0.4) is 0 Å². The average molecular weight is 415 g/mol. The van der Waals surface area contributed by atoms with Crippen LogP contribution in [0.5, 0.6) is 0 Å². The Kier molecular flexibility index (Phi) is 10.0. The number of nitrogens with two attached hydrogens (primary N) is 3. The molecule has 0 amide bonds. The molecule has 28 heavy (non-hydrogen) atoms. The molecule has 1 aliphatic heterocycles. The first-order valence-corrected chi connectivity index (χ1v) is 8.43. The fourth-order valence-electron chi connectivity index (χ4n) is 2.42. The number of nitrogens with zero attached hydrogens (tertiary/aromatic N) is 1. The van der Waals surface area contributed by atoms with Gasteiger partial charge in [0.15, 0.2) is 11.9 Å². The summed E-state index contributed by atoms with van der Waals surface area (Å²) in [6.07, 6.45) is -0.250. The number of carbonyl (C=O) groups excluding carboxylic acids is 1. The first-order valence-electron chi connectivity index (χ1n) is 8.43. The van der Waals surface area contributed by atoms with Crippen molar-refractivity contribution in [2.24, 2.45) is 28.1 Å².